The lowest BCUT2D eigenvalue weighted by molar-refractivity contribution is -0.140. The summed E-state index contributed by atoms with van der Waals surface area (Å²) in [7, 11) is 1.60. The number of rotatable bonds is 7. The summed E-state index contributed by atoms with van der Waals surface area (Å²) >= 11 is 0. The van der Waals surface area contributed by atoms with E-state index >= 15 is 0 Å². The van der Waals surface area contributed by atoms with Crippen LogP contribution in [0.1, 0.15) is 73.6 Å². The van der Waals surface area contributed by atoms with E-state index in [2.05, 4.69) is 13.8 Å². The SMILES string of the molecule is COc1ccc(/C(O)=C2/C(=O)C(=O)N(Cc3ccco3)C2c2ccc(C(C)C)cc2)cc1C(C)C. The molecule has 4 rings (SSSR count). The first-order chi connectivity index (χ1) is 16.7. The Hall–Kier alpha value is -3.80. The molecule has 0 radical (unpaired) electrons. The second-order valence-electron chi connectivity index (χ2n) is 9.44. The Bertz CT molecular complexity index is 1250. The third kappa shape index (κ3) is 4.61. The van der Waals surface area contributed by atoms with Crippen molar-refractivity contribution in [1.82, 2.24) is 4.90 Å². The molecule has 1 amide bonds. The molecule has 0 saturated carbocycles. The number of hydrogen-bond donors (Lipinski definition) is 1. The van der Waals surface area contributed by atoms with Gasteiger partial charge in [0.05, 0.1) is 31.5 Å². The van der Waals surface area contributed by atoms with Gasteiger partial charge in [-0.05, 0) is 58.9 Å². The molecule has 1 N–H and O–H groups in total. The van der Waals surface area contributed by atoms with Gasteiger partial charge in [0.1, 0.15) is 17.3 Å². The molecule has 0 aliphatic carbocycles. The molecule has 6 nitrogen and oxygen atoms in total. The fourth-order valence-corrected chi connectivity index (χ4v) is 4.51. The van der Waals surface area contributed by atoms with E-state index < -0.39 is 17.7 Å². The van der Waals surface area contributed by atoms with Crippen molar-refractivity contribution in [2.45, 2.75) is 52.1 Å². The van der Waals surface area contributed by atoms with Crippen molar-refractivity contribution < 1.29 is 23.8 Å². The predicted molar refractivity (Wildman–Crippen MR) is 134 cm³/mol. The monoisotopic (exact) mass is 473 g/mol. The molecule has 2 aromatic carbocycles. The number of aliphatic hydroxyl groups excluding tert-OH is 1. The van der Waals surface area contributed by atoms with Crippen LogP contribution in [0, 0.1) is 0 Å². The molecule has 6 heteroatoms. The number of hydrogen-bond acceptors (Lipinski definition) is 5. The number of methoxy groups -OCH3 is 1. The number of aliphatic hydroxyl groups is 1. The Morgan fingerprint density at radius 1 is 1.03 bits per heavy atom. The number of benzene rings is 2. The molecule has 182 valence electrons. The van der Waals surface area contributed by atoms with E-state index in [1.807, 2.05) is 44.2 Å². The first-order valence-corrected chi connectivity index (χ1v) is 11.8. The number of likely N-dealkylation sites (tertiary alicyclic amines) is 1. The smallest absolute Gasteiger partial charge is 0.296 e. The normalized spacial score (nSPS) is 17.6. The van der Waals surface area contributed by atoms with E-state index in [4.69, 9.17) is 9.15 Å². The van der Waals surface area contributed by atoms with Crippen LogP contribution in [-0.4, -0.2) is 28.8 Å². The Labute approximate surface area is 205 Å². The summed E-state index contributed by atoms with van der Waals surface area (Å²) < 4.78 is 10.9. The molecular formula is C29H31NO5. The van der Waals surface area contributed by atoms with Crippen molar-refractivity contribution in [2.24, 2.45) is 0 Å². The fourth-order valence-electron chi connectivity index (χ4n) is 4.51. The second kappa shape index (κ2) is 9.82. The molecule has 0 bridgehead atoms. The maximum absolute atomic E-state index is 13.3. The first kappa shape index (κ1) is 24.3. The van der Waals surface area contributed by atoms with E-state index in [1.165, 1.54) is 11.2 Å². The van der Waals surface area contributed by atoms with Gasteiger partial charge in [-0.25, -0.2) is 0 Å². The highest BCUT2D eigenvalue weighted by molar-refractivity contribution is 6.46. The number of carbonyl (C=O) groups excluding carboxylic acids is 2. The lowest BCUT2D eigenvalue weighted by Crippen LogP contribution is -2.29. The van der Waals surface area contributed by atoms with Crippen LogP contribution in [0.5, 0.6) is 5.75 Å². The Morgan fingerprint density at radius 2 is 1.74 bits per heavy atom. The maximum atomic E-state index is 13.3. The first-order valence-electron chi connectivity index (χ1n) is 11.8. The van der Waals surface area contributed by atoms with Gasteiger partial charge in [0, 0.05) is 5.56 Å². The number of nitrogens with zero attached hydrogens (tertiary/aromatic N) is 1. The van der Waals surface area contributed by atoms with Crippen LogP contribution in [0.3, 0.4) is 0 Å². The average molecular weight is 474 g/mol. The van der Waals surface area contributed by atoms with Crippen LogP contribution in [-0.2, 0) is 16.1 Å². The van der Waals surface area contributed by atoms with Gasteiger partial charge in [-0.15, -0.1) is 0 Å². The number of Topliss-reactive ketones (excluding diaryl/α,β-unsaturated/α-hetero) is 1. The van der Waals surface area contributed by atoms with Gasteiger partial charge in [-0.2, -0.15) is 0 Å². The number of carbonyl (C=O) groups is 2. The van der Waals surface area contributed by atoms with Crippen molar-refractivity contribution in [1.29, 1.82) is 0 Å². The molecule has 35 heavy (non-hydrogen) atoms. The van der Waals surface area contributed by atoms with Crippen LogP contribution in [0.25, 0.3) is 5.76 Å². The largest absolute Gasteiger partial charge is 0.507 e. The highest BCUT2D eigenvalue weighted by Crippen LogP contribution is 2.41. The van der Waals surface area contributed by atoms with E-state index in [0.29, 0.717) is 23.0 Å². The van der Waals surface area contributed by atoms with Crippen molar-refractivity contribution in [2.75, 3.05) is 7.11 Å². The average Bonchev–Trinajstić information content (AvgIpc) is 3.45. The van der Waals surface area contributed by atoms with Crippen LogP contribution in [0.15, 0.2) is 70.9 Å². The van der Waals surface area contributed by atoms with Gasteiger partial charge in [0.2, 0.25) is 0 Å². The molecule has 1 aliphatic rings. The predicted octanol–water partition coefficient (Wildman–Crippen LogP) is 6.16. The maximum Gasteiger partial charge on any atom is 0.296 e. The van der Waals surface area contributed by atoms with Gasteiger partial charge >= 0.3 is 0 Å². The van der Waals surface area contributed by atoms with E-state index in [-0.39, 0.29) is 23.8 Å². The topological polar surface area (TPSA) is 80.0 Å². The highest BCUT2D eigenvalue weighted by atomic mass is 16.5. The Balaban J connectivity index is 1.87. The molecule has 1 atom stereocenters. The summed E-state index contributed by atoms with van der Waals surface area (Å²) in [4.78, 5) is 27.9. The lowest BCUT2D eigenvalue weighted by atomic mass is 9.92. The summed E-state index contributed by atoms with van der Waals surface area (Å²) in [6, 6.07) is 15.9. The second-order valence-corrected chi connectivity index (χ2v) is 9.44. The zero-order valence-electron chi connectivity index (χ0n) is 20.7. The quantitative estimate of drug-likeness (QED) is 0.253. The van der Waals surface area contributed by atoms with E-state index in [0.717, 1.165) is 16.7 Å². The third-order valence-electron chi connectivity index (χ3n) is 6.49. The Morgan fingerprint density at radius 3 is 2.31 bits per heavy atom. The molecule has 0 spiro atoms. The summed E-state index contributed by atoms with van der Waals surface area (Å²) in [5.41, 5.74) is 3.33. The van der Waals surface area contributed by atoms with Crippen LogP contribution in [0.2, 0.25) is 0 Å². The Kier molecular flexibility index (Phi) is 6.83. The van der Waals surface area contributed by atoms with Gasteiger partial charge in [-0.1, -0.05) is 52.0 Å². The van der Waals surface area contributed by atoms with E-state index in [1.54, 1.807) is 31.4 Å². The molecular weight excluding hydrogens is 442 g/mol. The molecule has 1 aliphatic heterocycles. The lowest BCUT2D eigenvalue weighted by Gasteiger charge is -2.25. The van der Waals surface area contributed by atoms with Crippen LogP contribution < -0.4 is 4.74 Å². The molecule has 1 aromatic heterocycles. The van der Waals surface area contributed by atoms with Crippen molar-refractivity contribution in [3.63, 3.8) is 0 Å². The zero-order chi connectivity index (χ0) is 25.3. The summed E-state index contributed by atoms with van der Waals surface area (Å²) in [6.45, 7) is 8.38. The number of ketones is 1. The van der Waals surface area contributed by atoms with Crippen molar-refractivity contribution in [3.05, 3.63) is 94.4 Å². The van der Waals surface area contributed by atoms with Crippen LogP contribution in [0.4, 0.5) is 0 Å². The standard InChI is InChI=1S/C29H31NO5/c1-17(2)19-8-10-20(11-9-19)26-25(28(32)29(33)30(26)16-22-7-6-14-35-22)27(31)21-12-13-24(34-5)23(15-21)18(3)4/h6-15,17-18,26,31H,16H2,1-5H3/b27-25-. The summed E-state index contributed by atoms with van der Waals surface area (Å²) in [5, 5.41) is 11.4. The molecule has 1 unspecified atom stereocenters. The highest BCUT2D eigenvalue weighted by Gasteiger charge is 2.46. The minimum absolute atomic E-state index is 0.0683. The number of amides is 1. The zero-order valence-corrected chi connectivity index (χ0v) is 20.7. The third-order valence-corrected chi connectivity index (χ3v) is 6.49. The molecule has 1 fully saturated rings. The molecule has 1 saturated heterocycles. The molecule has 2 heterocycles. The minimum Gasteiger partial charge on any atom is -0.507 e. The summed E-state index contributed by atoms with van der Waals surface area (Å²) in [6.07, 6.45) is 1.53. The van der Waals surface area contributed by atoms with E-state index in [9.17, 15) is 14.7 Å². The van der Waals surface area contributed by atoms with Crippen LogP contribution >= 0.6 is 0 Å². The van der Waals surface area contributed by atoms with Crippen molar-refractivity contribution in [3.8, 4) is 5.75 Å². The van der Waals surface area contributed by atoms with Gasteiger partial charge < -0.3 is 19.2 Å². The minimum atomic E-state index is -0.745. The summed E-state index contributed by atoms with van der Waals surface area (Å²) in [5.74, 6) is 0.156. The number of furan rings is 1. The van der Waals surface area contributed by atoms with Gasteiger partial charge in [-0.3, -0.25) is 9.59 Å². The fraction of sp³-hybridized carbons (Fsp3) is 0.310. The molecule has 3 aromatic rings. The van der Waals surface area contributed by atoms with Gasteiger partial charge in [0.25, 0.3) is 11.7 Å². The van der Waals surface area contributed by atoms with Crippen molar-refractivity contribution >= 4 is 17.4 Å². The van der Waals surface area contributed by atoms with Gasteiger partial charge in [0.15, 0.2) is 0 Å². The number of ether oxygens (including phenoxy) is 1.